The van der Waals surface area contributed by atoms with Crippen molar-refractivity contribution in [2.75, 3.05) is 18.2 Å². The summed E-state index contributed by atoms with van der Waals surface area (Å²) >= 11 is 1.67. The Hall–Kier alpha value is -1.94. The standard InChI is InChI=1S/C15H15NO2S/c1-19-14-9-7-13(8-10-14)18-11-15(17)16-12-5-3-2-4-6-12/h2-10H,11H2,1H3,(H,16,17). The second-order valence-corrected chi connectivity index (χ2v) is 4.76. The molecule has 0 atom stereocenters. The maximum atomic E-state index is 11.7. The van der Waals surface area contributed by atoms with Gasteiger partial charge in [0.1, 0.15) is 5.75 Å². The van der Waals surface area contributed by atoms with Crippen LogP contribution in [0.1, 0.15) is 0 Å². The van der Waals surface area contributed by atoms with Gasteiger partial charge in [-0.3, -0.25) is 4.79 Å². The van der Waals surface area contributed by atoms with Gasteiger partial charge in [-0.2, -0.15) is 0 Å². The Morgan fingerprint density at radius 3 is 2.42 bits per heavy atom. The average Bonchev–Trinajstić information content (AvgIpc) is 2.47. The van der Waals surface area contributed by atoms with E-state index in [-0.39, 0.29) is 12.5 Å². The molecule has 0 aliphatic carbocycles. The Balaban J connectivity index is 1.83. The maximum absolute atomic E-state index is 11.7. The van der Waals surface area contributed by atoms with Crippen LogP contribution >= 0.6 is 11.8 Å². The van der Waals surface area contributed by atoms with Crippen molar-refractivity contribution in [3.63, 3.8) is 0 Å². The number of nitrogens with one attached hydrogen (secondary N) is 1. The van der Waals surface area contributed by atoms with Gasteiger partial charge >= 0.3 is 0 Å². The topological polar surface area (TPSA) is 38.3 Å². The molecule has 19 heavy (non-hydrogen) atoms. The zero-order valence-corrected chi connectivity index (χ0v) is 11.4. The molecule has 98 valence electrons. The van der Waals surface area contributed by atoms with Gasteiger partial charge in [-0.05, 0) is 42.7 Å². The number of amides is 1. The summed E-state index contributed by atoms with van der Waals surface area (Å²) in [4.78, 5) is 12.8. The third-order valence-electron chi connectivity index (χ3n) is 2.49. The van der Waals surface area contributed by atoms with Crippen molar-refractivity contribution in [1.29, 1.82) is 0 Å². The molecule has 2 aromatic rings. The number of para-hydroxylation sites is 1. The molecule has 1 amide bonds. The van der Waals surface area contributed by atoms with E-state index < -0.39 is 0 Å². The number of anilines is 1. The van der Waals surface area contributed by atoms with Crippen LogP contribution in [0.3, 0.4) is 0 Å². The quantitative estimate of drug-likeness (QED) is 0.848. The van der Waals surface area contributed by atoms with Gasteiger partial charge in [0.05, 0.1) is 0 Å². The van der Waals surface area contributed by atoms with E-state index in [2.05, 4.69) is 5.32 Å². The van der Waals surface area contributed by atoms with Gasteiger partial charge < -0.3 is 10.1 Å². The number of rotatable bonds is 5. The lowest BCUT2D eigenvalue weighted by Crippen LogP contribution is -2.20. The lowest BCUT2D eigenvalue weighted by Gasteiger charge is -2.07. The van der Waals surface area contributed by atoms with E-state index in [0.29, 0.717) is 5.75 Å². The number of carbonyl (C=O) groups excluding carboxylic acids is 1. The molecule has 0 aliphatic heterocycles. The molecule has 1 N–H and O–H groups in total. The van der Waals surface area contributed by atoms with E-state index in [0.717, 1.165) is 5.69 Å². The highest BCUT2D eigenvalue weighted by atomic mass is 32.2. The summed E-state index contributed by atoms with van der Waals surface area (Å²) in [6.07, 6.45) is 2.02. The molecule has 0 saturated carbocycles. The Bertz CT molecular complexity index is 526. The third-order valence-corrected chi connectivity index (χ3v) is 3.23. The van der Waals surface area contributed by atoms with Gasteiger partial charge in [-0.15, -0.1) is 11.8 Å². The average molecular weight is 273 g/mol. The van der Waals surface area contributed by atoms with Crippen LogP contribution in [-0.4, -0.2) is 18.8 Å². The first-order valence-electron chi connectivity index (χ1n) is 5.89. The molecule has 0 heterocycles. The summed E-state index contributed by atoms with van der Waals surface area (Å²) in [5.41, 5.74) is 0.772. The first kappa shape index (κ1) is 13.5. The predicted molar refractivity (Wildman–Crippen MR) is 78.8 cm³/mol. The van der Waals surface area contributed by atoms with Crippen molar-refractivity contribution in [3.05, 3.63) is 54.6 Å². The van der Waals surface area contributed by atoms with Crippen LogP contribution in [0.15, 0.2) is 59.5 Å². The summed E-state index contributed by atoms with van der Waals surface area (Å²) in [6, 6.07) is 17.0. The Morgan fingerprint density at radius 2 is 1.79 bits per heavy atom. The van der Waals surface area contributed by atoms with Gasteiger partial charge in [-0.25, -0.2) is 0 Å². The second kappa shape index (κ2) is 6.85. The molecule has 3 nitrogen and oxygen atoms in total. The van der Waals surface area contributed by atoms with Gasteiger partial charge in [-0.1, -0.05) is 18.2 Å². The molecular formula is C15H15NO2S. The van der Waals surface area contributed by atoms with Crippen LogP contribution < -0.4 is 10.1 Å². The molecule has 0 fully saturated rings. The minimum absolute atomic E-state index is 0.00745. The fourth-order valence-corrected chi connectivity index (χ4v) is 1.95. The largest absolute Gasteiger partial charge is 0.484 e. The summed E-state index contributed by atoms with van der Waals surface area (Å²) in [5.74, 6) is 0.529. The zero-order valence-electron chi connectivity index (χ0n) is 10.6. The number of ether oxygens (including phenoxy) is 1. The highest BCUT2D eigenvalue weighted by molar-refractivity contribution is 7.98. The fraction of sp³-hybridized carbons (Fsp3) is 0.133. The molecule has 4 heteroatoms. The highest BCUT2D eigenvalue weighted by Crippen LogP contribution is 2.18. The molecule has 0 spiro atoms. The van der Waals surface area contributed by atoms with E-state index in [1.54, 1.807) is 11.8 Å². The number of thioether (sulfide) groups is 1. The minimum atomic E-state index is -0.167. The molecule has 2 rings (SSSR count). The number of hydrogen-bond donors (Lipinski definition) is 1. The van der Waals surface area contributed by atoms with Crippen molar-refractivity contribution in [2.24, 2.45) is 0 Å². The minimum Gasteiger partial charge on any atom is -0.484 e. The second-order valence-electron chi connectivity index (χ2n) is 3.88. The van der Waals surface area contributed by atoms with Crippen LogP contribution in [0.2, 0.25) is 0 Å². The molecule has 0 aromatic heterocycles. The molecule has 0 radical (unpaired) electrons. The summed E-state index contributed by atoms with van der Waals surface area (Å²) in [5, 5.41) is 2.77. The highest BCUT2D eigenvalue weighted by Gasteiger charge is 2.03. The third kappa shape index (κ3) is 4.34. The molecule has 0 bridgehead atoms. The number of hydrogen-bond acceptors (Lipinski definition) is 3. The Kier molecular flexibility index (Phi) is 4.86. The lowest BCUT2D eigenvalue weighted by molar-refractivity contribution is -0.118. The van der Waals surface area contributed by atoms with E-state index in [4.69, 9.17) is 4.74 Å². The smallest absolute Gasteiger partial charge is 0.262 e. The summed E-state index contributed by atoms with van der Waals surface area (Å²) < 4.78 is 5.42. The Morgan fingerprint density at radius 1 is 1.11 bits per heavy atom. The van der Waals surface area contributed by atoms with Crippen molar-refractivity contribution in [1.82, 2.24) is 0 Å². The molecule has 2 aromatic carbocycles. The zero-order chi connectivity index (χ0) is 13.5. The number of carbonyl (C=O) groups is 1. The van der Waals surface area contributed by atoms with Crippen LogP contribution in [0.4, 0.5) is 5.69 Å². The van der Waals surface area contributed by atoms with Crippen LogP contribution in [0.25, 0.3) is 0 Å². The summed E-state index contributed by atoms with van der Waals surface area (Å²) in [6.45, 7) is 0.00745. The van der Waals surface area contributed by atoms with E-state index in [1.807, 2.05) is 60.9 Å². The molecule has 0 saturated heterocycles. The molecule has 0 aliphatic rings. The predicted octanol–water partition coefficient (Wildman–Crippen LogP) is 3.43. The van der Waals surface area contributed by atoms with Gasteiger partial charge in [0.25, 0.3) is 5.91 Å². The van der Waals surface area contributed by atoms with Gasteiger partial charge in [0, 0.05) is 10.6 Å². The fourth-order valence-electron chi connectivity index (χ4n) is 1.54. The van der Waals surface area contributed by atoms with Crippen molar-refractivity contribution < 1.29 is 9.53 Å². The normalized spacial score (nSPS) is 9.95. The van der Waals surface area contributed by atoms with E-state index in [1.165, 1.54) is 4.90 Å². The molecular weight excluding hydrogens is 258 g/mol. The Labute approximate surface area is 117 Å². The van der Waals surface area contributed by atoms with Gasteiger partial charge in [0.2, 0.25) is 0 Å². The van der Waals surface area contributed by atoms with Gasteiger partial charge in [0.15, 0.2) is 6.61 Å². The van der Waals surface area contributed by atoms with Crippen molar-refractivity contribution >= 4 is 23.4 Å². The maximum Gasteiger partial charge on any atom is 0.262 e. The number of benzene rings is 2. The first-order valence-corrected chi connectivity index (χ1v) is 7.12. The SMILES string of the molecule is CSc1ccc(OCC(=O)Nc2ccccc2)cc1. The van der Waals surface area contributed by atoms with Crippen molar-refractivity contribution in [2.45, 2.75) is 4.90 Å². The van der Waals surface area contributed by atoms with Crippen LogP contribution in [0, 0.1) is 0 Å². The van der Waals surface area contributed by atoms with E-state index in [9.17, 15) is 4.79 Å². The van der Waals surface area contributed by atoms with Crippen molar-refractivity contribution in [3.8, 4) is 5.75 Å². The first-order chi connectivity index (χ1) is 9.28. The van der Waals surface area contributed by atoms with E-state index >= 15 is 0 Å². The molecule has 0 unspecified atom stereocenters. The van der Waals surface area contributed by atoms with Crippen LogP contribution in [-0.2, 0) is 4.79 Å². The summed E-state index contributed by atoms with van der Waals surface area (Å²) in [7, 11) is 0. The van der Waals surface area contributed by atoms with Crippen LogP contribution in [0.5, 0.6) is 5.75 Å². The monoisotopic (exact) mass is 273 g/mol. The lowest BCUT2D eigenvalue weighted by atomic mass is 10.3.